The number of rotatable bonds is 6. The molecular weight excluding hydrogens is 274 g/mol. The molecule has 4 nitrogen and oxygen atoms in total. The van der Waals surface area contributed by atoms with Crippen molar-refractivity contribution >= 4 is 18.3 Å². The van der Waals surface area contributed by atoms with E-state index < -0.39 is 0 Å². The third kappa shape index (κ3) is 5.58. The van der Waals surface area contributed by atoms with Crippen molar-refractivity contribution in [3.8, 4) is 0 Å². The SMILES string of the molecule is CCCN(CC(=O)NC1CCCCC1)C1CCNC1.Cl. The zero-order valence-corrected chi connectivity index (χ0v) is 13.5. The van der Waals surface area contributed by atoms with Gasteiger partial charge in [0, 0.05) is 18.6 Å². The van der Waals surface area contributed by atoms with E-state index in [4.69, 9.17) is 0 Å². The van der Waals surface area contributed by atoms with E-state index >= 15 is 0 Å². The van der Waals surface area contributed by atoms with Crippen LogP contribution in [0.3, 0.4) is 0 Å². The fraction of sp³-hybridized carbons (Fsp3) is 0.933. The van der Waals surface area contributed by atoms with Crippen LogP contribution in [0.25, 0.3) is 0 Å². The molecule has 0 aromatic rings. The second kappa shape index (κ2) is 9.59. The number of carbonyl (C=O) groups is 1. The minimum Gasteiger partial charge on any atom is -0.352 e. The fourth-order valence-corrected chi connectivity index (χ4v) is 3.33. The second-order valence-corrected chi connectivity index (χ2v) is 6.02. The number of nitrogens with zero attached hydrogens (tertiary/aromatic N) is 1. The number of nitrogens with one attached hydrogen (secondary N) is 2. The summed E-state index contributed by atoms with van der Waals surface area (Å²) in [5.74, 6) is 0.229. The Hall–Kier alpha value is -0.320. The number of amides is 1. The van der Waals surface area contributed by atoms with Crippen molar-refractivity contribution in [3.05, 3.63) is 0 Å². The predicted octanol–water partition coefficient (Wildman–Crippen LogP) is 1.93. The molecule has 1 heterocycles. The third-order valence-corrected chi connectivity index (χ3v) is 4.38. The minimum absolute atomic E-state index is 0. The molecule has 0 spiro atoms. The van der Waals surface area contributed by atoms with Crippen molar-refractivity contribution in [2.24, 2.45) is 0 Å². The number of hydrogen-bond acceptors (Lipinski definition) is 3. The molecule has 1 saturated heterocycles. The van der Waals surface area contributed by atoms with Crippen LogP contribution in [0.4, 0.5) is 0 Å². The van der Waals surface area contributed by atoms with Crippen molar-refractivity contribution in [2.75, 3.05) is 26.2 Å². The highest BCUT2D eigenvalue weighted by atomic mass is 35.5. The Kier molecular flexibility index (Phi) is 8.50. The van der Waals surface area contributed by atoms with E-state index in [1.165, 1.54) is 38.5 Å². The van der Waals surface area contributed by atoms with Gasteiger partial charge in [0.1, 0.15) is 0 Å². The van der Waals surface area contributed by atoms with Gasteiger partial charge in [0.15, 0.2) is 0 Å². The molecular formula is C15H30ClN3O. The maximum absolute atomic E-state index is 12.2. The first kappa shape index (κ1) is 17.7. The van der Waals surface area contributed by atoms with Gasteiger partial charge in [-0.05, 0) is 38.8 Å². The number of halogens is 1. The van der Waals surface area contributed by atoms with Crippen molar-refractivity contribution in [2.45, 2.75) is 64.0 Å². The molecule has 2 fully saturated rings. The summed E-state index contributed by atoms with van der Waals surface area (Å²) in [6.07, 6.45) is 8.52. The van der Waals surface area contributed by atoms with E-state index in [0.29, 0.717) is 18.6 Å². The van der Waals surface area contributed by atoms with E-state index in [2.05, 4.69) is 22.5 Å². The smallest absolute Gasteiger partial charge is 0.234 e. The predicted molar refractivity (Wildman–Crippen MR) is 85.4 cm³/mol. The van der Waals surface area contributed by atoms with Crippen LogP contribution in [0.5, 0.6) is 0 Å². The summed E-state index contributed by atoms with van der Waals surface area (Å²) in [4.78, 5) is 14.5. The van der Waals surface area contributed by atoms with Gasteiger partial charge in [-0.25, -0.2) is 0 Å². The lowest BCUT2D eigenvalue weighted by Crippen LogP contribution is -2.47. The highest BCUT2D eigenvalue weighted by Gasteiger charge is 2.24. The number of carbonyl (C=O) groups excluding carboxylic acids is 1. The van der Waals surface area contributed by atoms with Crippen LogP contribution in [0.15, 0.2) is 0 Å². The molecule has 1 unspecified atom stereocenters. The van der Waals surface area contributed by atoms with E-state index in [1.807, 2.05) is 0 Å². The van der Waals surface area contributed by atoms with Gasteiger partial charge in [-0.15, -0.1) is 12.4 Å². The average molecular weight is 304 g/mol. The van der Waals surface area contributed by atoms with Crippen molar-refractivity contribution in [1.82, 2.24) is 15.5 Å². The average Bonchev–Trinajstić information content (AvgIpc) is 2.93. The fourth-order valence-electron chi connectivity index (χ4n) is 3.33. The Morgan fingerprint density at radius 3 is 2.60 bits per heavy atom. The van der Waals surface area contributed by atoms with E-state index in [-0.39, 0.29) is 18.3 Å². The van der Waals surface area contributed by atoms with Gasteiger partial charge in [0.25, 0.3) is 0 Å². The van der Waals surface area contributed by atoms with E-state index in [1.54, 1.807) is 0 Å². The van der Waals surface area contributed by atoms with Crippen LogP contribution < -0.4 is 10.6 Å². The van der Waals surface area contributed by atoms with Crippen LogP contribution in [-0.2, 0) is 4.79 Å². The molecule has 1 aliphatic heterocycles. The molecule has 1 amide bonds. The molecule has 1 aliphatic carbocycles. The third-order valence-electron chi connectivity index (χ3n) is 4.38. The van der Waals surface area contributed by atoms with Crippen LogP contribution in [0, 0.1) is 0 Å². The summed E-state index contributed by atoms with van der Waals surface area (Å²) in [6.45, 7) is 5.93. The monoisotopic (exact) mass is 303 g/mol. The maximum Gasteiger partial charge on any atom is 0.234 e. The summed E-state index contributed by atoms with van der Waals surface area (Å²) >= 11 is 0. The zero-order chi connectivity index (χ0) is 13.5. The summed E-state index contributed by atoms with van der Waals surface area (Å²) in [5, 5.41) is 6.62. The van der Waals surface area contributed by atoms with Crippen molar-refractivity contribution in [1.29, 1.82) is 0 Å². The van der Waals surface area contributed by atoms with Crippen molar-refractivity contribution < 1.29 is 4.79 Å². The largest absolute Gasteiger partial charge is 0.352 e. The van der Waals surface area contributed by atoms with Gasteiger partial charge in [0.2, 0.25) is 5.91 Å². The summed E-state index contributed by atoms with van der Waals surface area (Å²) < 4.78 is 0. The van der Waals surface area contributed by atoms with Gasteiger partial charge in [0.05, 0.1) is 6.54 Å². The Balaban J connectivity index is 0.00000200. The lowest BCUT2D eigenvalue weighted by molar-refractivity contribution is -0.123. The van der Waals surface area contributed by atoms with Gasteiger partial charge in [-0.3, -0.25) is 9.69 Å². The van der Waals surface area contributed by atoms with Crippen LogP contribution >= 0.6 is 12.4 Å². The summed E-state index contributed by atoms with van der Waals surface area (Å²) in [6, 6.07) is 0.989. The molecule has 2 aliphatic rings. The normalized spacial score (nSPS) is 23.6. The minimum atomic E-state index is 0. The van der Waals surface area contributed by atoms with Gasteiger partial charge in [-0.1, -0.05) is 26.2 Å². The molecule has 20 heavy (non-hydrogen) atoms. The second-order valence-electron chi connectivity index (χ2n) is 6.02. The highest BCUT2D eigenvalue weighted by Crippen LogP contribution is 2.17. The molecule has 0 radical (unpaired) electrons. The molecule has 0 bridgehead atoms. The standard InChI is InChI=1S/C15H29N3O.ClH/c1-2-10-18(14-8-9-16-11-14)12-15(19)17-13-6-4-3-5-7-13;/h13-14,16H,2-12H2,1H3,(H,17,19);1H. The zero-order valence-electron chi connectivity index (χ0n) is 12.7. The lowest BCUT2D eigenvalue weighted by Gasteiger charge is -2.29. The van der Waals surface area contributed by atoms with Crippen molar-refractivity contribution in [3.63, 3.8) is 0 Å². The van der Waals surface area contributed by atoms with Crippen LogP contribution in [0.1, 0.15) is 51.9 Å². The molecule has 118 valence electrons. The first-order valence-corrected chi connectivity index (χ1v) is 8.03. The molecule has 1 atom stereocenters. The molecule has 2 N–H and O–H groups in total. The van der Waals surface area contributed by atoms with Gasteiger partial charge >= 0.3 is 0 Å². The Morgan fingerprint density at radius 2 is 2.00 bits per heavy atom. The summed E-state index contributed by atoms with van der Waals surface area (Å²) in [7, 11) is 0. The van der Waals surface area contributed by atoms with Crippen LogP contribution in [-0.4, -0.2) is 49.1 Å². The Bertz CT molecular complexity index is 276. The van der Waals surface area contributed by atoms with Crippen LogP contribution in [0.2, 0.25) is 0 Å². The molecule has 0 aromatic heterocycles. The molecule has 1 saturated carbocycles. The number of hydrogen-bond donors (Lipinski definition) is 2. The highest BCUT2D eigenvalue weighted by molar-refractivity contribution is 5.85. The molecule has 5 heteroatoms. The topological polar surface area (TPSA) is 44.4 Å². The quantitative estimate of drug-likeness (QED) is 0.788. The first-order chi connectivity index (χ1) is 9.29. The maximum atomic E-state index is 12.2. The lowest BCUT2D eigenvalue weighted by atomic mass is 9.95. The van der Waals surface area contributed by atoms with E-state index in [0.717, 1.165) is 26.1 Å². The Labute approximate surface area is 129 Å². The molecule has 0 aromatic carbocycles. The Morgan fingerprint density at radius 1 is 1.25 bits per heavy atom. The van der Waals surface area contributed by atoms with Gasteiger partial charge < -0.3 is 10.6 Å². The van der Waals surface area contributed by atoms with E-state index in [9.17, 15) is 4.79 Å². The first-order valence-electron chi connectivity index (χ1n) is 8.03. The van der Waals surface area contributed by atoms with Gasteiger partial charge in [-0.2, -0.15) is 0 Å². The molecule has 2 rings (SSSR count). The summed E-state index contributed by atoms with van der Waals surface area (Å²) in [5.41, 5.74) is 0.